The van der Waals surface area contributed by atoms with E-state index in [-0.39, 0.29) is 23.6 Å². The normalized spacial score (nSPS) is 14.1. The monoisotopic (exact) mass is 468 g/mol. The van der Waals surface area contributed by atoms with Crippen LogP contribution in [0.1, 0.15) is 48.9 Å². The number of rotatable bonds is 9. The molecule has 0 unspecified atom stereocenters. The maximum Gasteiger partial charge on any atom is 0.306 e. The molecular formula is C26H26ClFN2O3. The summed E-state index contributed by atoms with van der Waals surface area (Å²) in [6.45, 7) is 4.25. The molecule has 1 heterocycles. The number of ether oxygens (including phenoxy) is 2. The van der Waals surface area contributed by atoms with Gasteiger partial charge in [-0.25, -0.2) is 9.37 Å². The Hall–Kier alpha value is -2.99. The zero-order chi connectivity index (χ0) is 23.4. The molecule has 172 valence electrons. The Kier molecular flexibility index (Phi) is 7.23. The van der Waals surface area contributed by atoms with Crippen molar-refractivity contribution in [1.29, 1.82) is 0 Å². The Balaban J connectivity index is 1.46. The van der Waals surface area contributed by atoms with Crippen LogP contribution >= 0.6 is 11.6 Å². The predicted molar refractivity (Wildman–Crippen MR) is 125 cm³/mol. The average Bonchev–Trinajstić information content (AvgIpc) is 3.64. The van der Waals surface area contributed by atoms with E-state index in [1.54, 1.807) is 18.3 Å². The minimum Gasteiger partial charge on any atom is -0.487 e. The smallest absolute Gasteiger partial charge is 0.306 e. The number of hydrogen-bond donors (Lipinski definition) is 0. The summed E-state index contributed by atoms with van der Waals surface area (Å²) in [5, 5.41) is 0.123. The molecule has 5 nitrogen and oxygen atoms in total. The van der Waals surface area contributed by atoms with Crippen LogP contribution in [-0.4, -0.2) is 22.5 Å². The molecule has 0 bridgehead atoms. The van der Waals surface area contributed by atoms with E-state index in [0.29, 0.717) is 41.6 Å². The molecule has 0 saturated heterocycles. The first kappa shape index (κ1) is 23.2. The highest BCUT2D eigenvalue weighted by molar-refractivity contribution is 6.31. The topological polar surface area (TPSA) is 61.3 Å². The first-order valence-corrected chi connectivity index (χ1v) is 11.5. The molecule has 1 aromatic heterocycles. The Morgan fingerprint density at radius 1 is 1.24 bits per heavy atom. The number of esters is 1. The van der Waals surface area contributed by atoms with Gasteiger partial charge in [-0.1, -0.05) is 35.4 Å². The van der Waals surface area contributed by atoms with Crippen molar-refractivity contribution in [1.82, 2.24) is 9.97 Å². The van der Waals surface area contributed by atoms with Crippen molar-refractivity contribution >= 4 is 17.6 Å². The lowest BCUT2D eigenvalue weighted by molar-refractivity contribution is -0.143. The number of aromatic nitrogens is 2. The Labute approximate surface area is 197 Å². The van der Waals surface area contributed by atoms with E-state index in [0.717, 1.165) is 24.0 Å². The third-order valence-electron chi connectivity index (χ3n) is 5.71. The van der Waals surface area contributed by atoms with E-state index in [1.165, 1.54) is 6.07 Å². The minimum atomic E-state index is -0.398. The van der Waals surface area contributed by atoms with Crippen molar-refractivity contribution in [2.24, 2.45) is 5.92 Å². The summed E-state index contributed by atoms with van der Waals surface area (Å²) in [5.41, 5.74) is 3.13. The Morgan fingerprint density at radius 2 is 2.06 bits per heavy atom. The van der Waals surface area contributed by atoms with Crippen LogP contribution in [0.2, 0.25) is 5.15 Å². The summed E-state index contributed by atoms with van der Waals surface area (Å²) in [4.78, 5) is 20.7. The largest absolute Gasteiger partial charge is 0.487 e. The van der Waals surface area contributed by atoms with E-state index in [4.69, 9.17) is 21.1 Å². The molecule has 0 amide bonds. The van der Waals surface area contributed by atoms with Gasteiger partial charge in [0.2, 0.25) is 0 Å². The van der Waals surface area contributed by atoms with E-state index in [9.17, 15) is 9.18 Å². The van der Waals surface area contributed by atoms with Crippen LogP contribution in [0.4, 0.5) is 4.39 Å². The van der Waals surface area contributed by atoms with Gasteiger partial charge in [0, 0.05) is 5.56 Å². The second-order valence-corrected chi connectivity index (χ2v) is 8.66. The molecule has 7 heteroatoms. The van der Waals surface area contributed by atoms with Gasteiger partial charge in [-0.2, -0.15) is 0 Å². The molecule has 1 atom stereocenters. The van der Waals surface area contributed by atoms with Gasteiger partial charge in [0.25, 0.3) is 0 Å². The lowest BCUT2D eigenvalue weighted by atomic mass is 9.91. The molecular weight excluding hydrogens is 443 g/mol. The predicted octanol–water partition coefficient (Wildman–Crippen LogP) is 6.27. The molecule has 3 aromatic rings. The fourth-order valence-corrected chi connectivity index (χ4v) is 4.18. The van der Waals surface area contributed by atoms with E-state index >= 15 is 0 Å². The van der Waals surface area contributed by atoms with Gasteiger partial charge in [0.15, 0.2) is 5.15 Å². The number of nitrogens with zero attached hydrogens (tertiary/aromatic N) is 2. The van der Waals surface area contributed by atoms with Gasteiger partial charge in [-0.3, -0.25) is 9.78 Å². The first-order chi connectivity index (χ1) is 15.9. The average molecular weight is 469 g/mol. The van der Waals surface area contributed by atoms with Crippen LogP contribution in [-0.2, 0) is 16.1 Å². The molecule has 0 radical (unpaired) electrons. The van der Waals surface area contributed by atoms with Crippen molar-refractivity contribution < 1.29 is 18.7 Å². The van der Waals surface area contributed by atoms with Gasteiger partial charge in [-0.15, -0.1) is 0 Å². The molecule has 1 fully saturated rings. The van der Waals surface area contributed by atoms with Crippen molar-refractivity contribution in [2.45, 2.75) is 45.6 Å². The SMILES string of the molecule is CCOC(=O)C[C@H](c1cccc(OCc2cnc(-c3cc(C)ccc3F)c(Cl)n2)c1)C1CC1. The molecule has 4 rings (SSSR count). The van der Waals surface area contributed by atoms with E-state index in [1.807, 2.05) is 38.1 Å². The zero-order valence-corrected chi connectivity index (χ0v) is 19.4. The number of benzene rings is 2. The van der Waals surface area contributed by atoms with Crippen LogP contribution in [0.15, 0.2) is 48.7 Å². The zero-order valence-electron chi connectivity index (χ0n) is 18.7. The minimum absolute atomic E-state index is 0.123. The number of carbonyl (C=O) groups is 1. The molecule has 0 aliphatic heterocycles. The maximum atomic E-state index is 14.2. The van der Waals surface area contributed by atoms with Gasteiger partial charge in [0.05, 0.1) is 24.9 Å². The van der Waals surface area contributed by atoms with Gasteiger partial charge in [0.1, 0.15) is 23.9 Å². The fourth-order valence-electron chi connectivity index (χ4n) is 3.92. The number of aryl methyl sites for hydroxylation is 1. The van der Waals surface area contributed by atoms with Crippen molar-refractivity contribution in [2.75, 3.05) is 6.61 Å². The summed E-state index contributed by atoms with van der Waals surface area (Å²) >= 11 is 6.31. The lowest BCUT2D eigenvalue weighted by Gasteiger charge is -2.17. The van der Waals surface area contributed by atoms with Crippen LogP contribution in [0, 0.1) is 18.7 Å². The molecule has 1 aliphatic rings. The van der Waals surface area contributed by atoms with Crippen molar-refractivity contribution in [3.63, 3.8) is 0 Å². The van der Waals surface area contributed by atoms with Crippen molar-refractivity contribution in [3.05, 3.63) is 76.5 Å². The molecule has 0 N–H and O–H groups in total. The first-order valence-electron chi connectivity index (χ1n) is 11.1. The Bertz CT molecular complexity index is 1150. The molecule has 1 aliphatic carbocycles. The fraction of sp³-hybridized carbons (Fsp3) is 0.346. The second-order valence-electron chi connectivity index (χ2n) is 8.30. The third kappa shape index (κ3) is 5.88. The van der Waals surface area contributed by atoms with E-state index in [2.05, 4.69) is 9.97 Å². The number of carbonyl (C=O) groups excluding carboxylic acids is 1. The highest BCUT2D eigenvalue weighted by Gasteiger charge is 2.34. The standard InChI is InChI=1S/C26H26ClFN2O3/c1-3-32-24(31)13-21(17-8-9-17)18-5-4-6-20(12-18)33-15-19-14-29-25(26(27)30-19)22-11-16(2)7-10-23(22)28/h4-7,10-12,14,17,21H,3,8-9,13,15H2,1-2H3/t21-/m0/s1. The molecule has 2 aromatic carbocycles. The summed E-state index contributed by atoms with van der Waals surface area (Å²) in [6, 6.07) is 12.6. The van der Waals surface area contributed by atoms with Crippen LogP contribution in [0.5, 0.6) is 5.75 Å². The third-order valence-corrected chi connectivity index (χ3v) is 5.98. The number of halogens is 2. The second kappa shape index (κ2) is 10.3. The Morgan fingerprint density at radius 3 is 2.79 bits per heavy atom. The maximum absolute atomic E-state index is 14.2. The summed E-state index contributed by atoms with van der Waals surface area (Å²) in [6.07, 6.45) is 4.16. The van der Waals surface area contributed by atoms with Crippen LogP contribution < -0.4 is 4.74 Å². The highest BCUT2D eigenvalue weighted by atomic mass is 35.5. The molecule has 33 heavy (non-hydrogen) atoms. The van der Waals surface area contributed by atoms with Crippen LogP contribution in [0.3, 0.4) is 0 Å². The quantitative estimate of drug-likeness (QED) is 0.346. The van der Waals surface area contributed by atoms with E-state index < -0.39 is 5.82 Å². The molecule has 1 saturated carbocycles. The lowest BCUT2D eigenvalue weighted by Crippen LogP contribution is -2.12. The summed E-state index contributed by atoms with van der Waals surface area (Å²) in [7, 11) is 0. The highest BCUT2D eigenvalue weighted by Crippen LogP contribution is 2.45. The van der Waals surface area contributed by atoms with Gasteiger partial charge in [-0.05, 0) is 68.4 Å². The van der Waals surface area contributed by atoms with Crippen molar-refractivity contribution in [3.8, 4) is 17.0 Å². The van der Waals surface area contributed by atoms with Gasteiger partial charge < -0.3 is 9.47 Å². The van der Waals surface area contributed by atoms with Crippen LogP contribution in [0.25, 0.3) is 11.3 Å². The molecule has 0 spiro atoms. The summed E-state index contributed by atoms with van der Waals surface area (Å²) < 4.78 is 25.3. The summed E-state index contributed by atoms with van der Waals surface area (Å²) in [5.74, 6) is 0.740. The van der Waals surface area contributed by atoms with Gasteiger partial charge >= 0.3 is 5.97 Å². The number of hydrogen-bond acceptors (Lipinski definition) is 5.